The summed E-state index contributed by atoms with van der Waals surface area (Å²) in [5.41, 5.74) is 3.38. The Labute approximate surface area is 218 Å². The number of carbonyl (C=O) groups is 1. The van der Waals surface area contributed by atoms with Gasteiger partial charge in [-0.1, -0.05) is 74.0 Å². The topological polar surface area (TPSA) is 38.8 Å². The van der Waals surface area contributed by atoms with Crippen molar-refractivity contribution in [3.63, 3.8) is 0 Å². The standard InChI is InChI=1S/C32H45NO3/c1-23-13-15-25(16-14-23)27(20-29(34)36-30(2,3)4)33(21-24-11-9-8-10-12-24)22-32-18-17-26(31(32,5)6)19-28(32)35-7/h8-16,26-28H,17-22H2,1-7H3/t26-,27?,28-,32-/m1/s1. The third kappa shape index (κ3) is 5.40. The van der Waals surface area contributed by atoms with Gasteiger partial charge in [0, 0.05) is 31.7 Å². The smallest absolute Gasteiger partial charge is 0.308 e. The lowest BCUT2D eigenvalue weighted by atomic mass is 9.67. The number of aryl methyl sites for hydroxylation is 1. The van der Waals surface area contributed by atoms with E-state index in [9.17, 15) is 4.79 Å². The van der Waals surface area contributed by atoms with Crippen LogP contribution in [0.15, 0.2) is 54.6 Å². The number of hydrogen-bond donors (Lipinski definition) is 0. The van der Waals surface area contributed by atoms with Crippen molar-refractivity contribution in [3.8, 4) is 0 Å². The van der Waals surface area contributed by atoms with Gasteiger partial charge in [0.2, 0.25) is 0 Å². The van der Waals surface area contributed by atoms with Crippen molar-refractivity contribution < 1.29 is 14.3 Å². The van der Waals surface area contributed by atoms with E-state index in [0.717, 1.165) is 25.1 Å². The number of ether oxygens (including phenoxy) is 2. The van der Waals surface area contributed by atoms with Crippen LogP contribution in [0.5, 0.6) is 0 Å². The third-order valence-corrected chi connectivity index (χ3v) is 9.04. The molecule has 1 unspecified atom stereocenters. The SMILES string of the molecule is CO[C@@H]1C[C@H]2CC[C@]1(CN(Cc1ccccc1)C(CC(=O)OC(C)(C)C)c1ccc(C)cc1)C2(C)C. The molecule has 36 heavy (non-hydrogen) atoms. The zero-order valence-electron chi connectivity index (χ0n) is 23.3. The summed E-state index contributed by atoms with van der Waals surface area (Å²) < 4.78 is 12.0. The van der Waals surface area contributed by atoms with Gasteiger partial charge in [-0.2, -0.15) is 0 Å². The van der Waals surface area contributed by atoms with Crippen molar-refractivity contribution in [1.82, 2.24) is 4.90 Å². The molecule has 0 radical (unpaired) electrons. The molecule has 0 aliphatic heterocycles. The van der Waals surface area contributed by atoms with Crippen LogP contribution in [0.25, 0.3) is 0 Å². The molecule has 2 fully saturated rings. The molecule has 0 heterocycles. The number of esters is 1. The van der Waals surface area contributed by atoms with Gasteiger partial charge in [0.15, 0.2) is 0 Å². The number of rotatable bonds is 9. The van der Waals surface area contributed by atoms with Crippen LogP contribution >= 0.6 is 0 Å². The van der Waals surface area contributed by atoms with E-state index in [1.54, 1.807) is 0 Å². The fraction of sp³-hybridized carbons (Fsp3) is 0.594. The van der Waals surface area contributed by atoms with E-state index in [1.807, 2.05) is 27.9 Å². The van der Waals surface area contributed by atoms with E-state index in [-0.39, 0.29) is 28.9 Å². The molecule has 4 heteroatoms. The van der Waals surface area contributed by atoms with E-state index in [0.29, 0.717) is 12.3 Å². The van der Waals surface area contributed by atoms with Gasteiger partial charge in [-0.05, 0) is 69.4 Å². The normalized spacial score (nSPS) is 25.8. The van der Waals surface area contributed by atoms with Gasteiger partial charge < -0.3 is 9.47 Å². The van der Waals surface area contributed by atoms with E-state index in [2.05, 4.69) is 80.3 Å². The first kappa shape index (κ1) is 26.9. The molecule has 0 saturated heterocycles. The summed E-state index contributed by atoms with van der Waals surface area (Å²) in [6, 6.07) is 19.2. The predicted octanol–water partition coefficient (Wildman–Crippen LogP) is 7.11. The van der Waals surface area contributed by atoms with E-state index in [4.69, 9.17) is 9.47 Å². The van der Waals surface area contributed by atoms with Crippen LogP contribution in [0.1, 0.15) is 83.0 Å². The van der Waals surface area contributed by atoms with Crippen LogP contribution in [-0.2, 0) is 20.8 Å². The number of benzene rings is 2. The summed E-state index contributed by atoms with van der Waals surface area (Å²) in [4.78, 5) is 15.8. The van der Waals surface area contributed by atoms with Gasteiger partial charge in [0.25, 0.3) is 0 Å². The van der Waals surface area contributed by atoms with Gasteiger partial charge in [0.05, 0.1) is 12.5 Å². The van der Waals surface area contributed by atoms with Crippen molar-refractivity contribution in [2.45, 2.75) is 91.5 Å². The van der Waals surface area contributed by atoms with Crippen LogP contribution in [-0.4, -0.2) is 36.2 Å². The first-order valence-corrected chi connectivity index (χ1v) is 13.5. The van der Waals surface area contributed by atoms with Crippen molar-refractivity contribution >= 4 is 5.97 Å². The largest absolute Gasteiger partial charge is 0.460 e. The average molecular weight is 492 g/mol. The number of hydrogen-bond acceptors (Lipinski definition) is 4. The summed E-state index contributed by atoms with van der Waals surface area (Å²) in [6.07, 6.45) is 4.12. The molecular formula is C32H45NO3. The highest BCUT2D eigenvalue weighted by Gasteiger charge is 2.64. The molecule has 196 valence electrons. The first-order valence-electron chi connectivity index (χ1n) is 13.5. The molecule has 4 rings (SSSR count). The molecule has 4 atom stereocenters. The summed E-state index contributed by atoms with van der Waals surface area (Å²) in [5, 5.41) is 0. The molecule has 0 spiro atoms. The number of methoxy groups -OCH3 is 1. The zero-order chi connectivity index (χ0) is 26.1. The molecule has 0 aromatic heterocycles. The molecule has 2 aromatic rings. The molecule has 0 amide bonds. The monoisotopic (exact) mass is 491 g/mol. The minimum atomic E-state index is -0.509. The Kier molecular flexibility index (Phi) is 7.69. The third-order valence-electron chi connectivity index (χ3n) is 9.04. The number of carbonyl (C=O) groups excluding carboxylic acids is 1. The van der Waals surface area contributed by atoms with E-state index >= 15 is 0 Å². The van der Waals surface area contributed by atoms with E-state index in [1.165, 1.54) is 24.0 Å². The maximum Gasteiger partial charge on any atom is 0.308 e. The van der Waals surface area contributed by atoms with Crippen LogP contribution in [0, 0.1) is 23.7 Å². The highest BCUT2D eigenvalue weighted by atomic mass is 16.6. The Balaban J connectivity index is 1.75. The maximum absolute atomic E-state index is 13.2. The summed E-state index contributed by atoms with van der Waals surface area (Å²) >= 11 is 0. The second-order valence-corrected chi connectivity index (χ2v) is 12.7. The van der Waals surface area contributed by atoms with Crippen LogP contribution in [0.3, 0.4) is 0 Å². The lowest BCUT2D eigenvalue weighted by Crippen LogP contribution is -2.49. The van der Waals surface area contributed by atoms with Gasteiger partial charge in [0.1, 0.15) is 5.60 Å². The lowest BCUT2D eigenvalue weighted by Gasteiger charge is -2.47. The Morgan fingerprint density at radius 2 is 1.75 bits per heavy atom. The Bertz CT molecular complexity index is 1020. The average Bonchev–Trinajstić information content (AvgIpc) is 3.18. The van der Waals surface area contributed by atoms with Crippen molar-refractivity contribution in [3.05, 3.63) is 71.3 Å². The van der Waals surface area contributed by atoms with Gasteiger partial charge in [-0.25, -0.2) is 0 Å². The van der Waals surface area contributed by atoms with Gasteiger partial charge in [-0.15, -0.1) is 0 Å². The number of nitrogens with zero attached hydrogens (tertiary/aromatic N) is 1. The molecule has 2 bridgehead atoms. The summed E-state index contributed by atoms with van der Waals surface area (Å²) in [7, 11) is 1.88. The van der Waals surface area contributed by atoms with Gasteiger partial charge >= 0.3 is 5.97 Å². The second-order valence-electron chi connectivity index (χ2n) is 12.7. The van der Waals surface area contributed by atoms with Crippen molar-refractivity contribution in [2.75, 3.05) is 13.7 Å². The Morgan fingerprint density at radius 3 is 2.33 bits per heavy atom. The van der Waals surface area contributed by atoms with Crippen LogP contribution < -0.4 is 0 Å². The minimum Gasteiger partial charge on any atom is -0.460 e. The maximum atomic E-state index is 13.2. The van der Waals surface area contributed by atoms with Crippen molar-refractivity contribution in [1.29, 1.82) is 0 Å². The van der Waals surface area contributed by atoms with Crippen LogP contribution in [0.4, 0.5) is 0 Å². The second kappa shape index (κ2) is 10.3. The summed E-state index contributed by atoms with van der Waals surface area (Å²) in [5.74, 6) is 0.534. The first-order chi connectivity index (χ1) is 16.9. The zero-order valence-corrected chi connectivity index (χ0v) is 23.3. The lowest BCUT2D eigenvalue weighted by molar-refractivity contribution is -0.157. The van der Waals surface area contributed by atoms with Crippen molar-refractivity contribution in [2.24, 2.45) is 16.7 Å². The molecule has 2 aliphatic rings. The Hall–Kier alpha value is -2.17. The van der Waals surface area contributed by atoms with Gasteiger partial charge in [-0.3, -0.25) is 9.69 Å². The summed E-state index contributed by atoms with van der Waals surface area (Å²) in [6.45, 7) is 14.5. The Morgan fingerprint density at radius 1 is 1.08 bits per heavy atom. The predicted molar refractivity (Wildman–Crippen MR) is 146 cm³/mol. The fourth-order valence-electron chi connectivity index (χ4n) is 6.94. The highest BCUT2D eigenvalue weighted by Crippen LogP contribution is 2.67. The quantitative estimate of drug-likeness (QED) is 0.350. The van der Waals surface area contributed by atoms with Crippen LogP contribution in [0.2, 0.25) is 0 Å². The van der Waals surface area contributed by atoms with E-state index < -0.39 is 5.60 Å². The minimum absolute atomic E-state index is 0.0536. The highest BCUT2D eigenvalue weighted by molar-refractivity contribution is 5.71. The molecule has 2 aromatic carbocycles. The molecule has 2 aliphatic carbocycles. The molecule has 0 N–H and O–H groups in total. The molecule has 4 nitrogen and oxygen atoms in total. The fourth-order valence-corrected chi connectivity index (χ4v) is 6.94. The number of fused-ring (bicyclic) bond motifs is 2. The molecule has 2 saturated carbocycles. The molecular weight excluding hydrogens is 446 g/mol.